The van der Waals surface area contributed by atoms with Crippen LogP contribution < -0.4 is 0 Å². The minimum atomic E-state index is -1.89. The van der Waals surface area contributed by atoms with Gasteiger partial charge in [0.05, 0.1) is 0 Å². The number of carboxylic acid groups (broad SMARTS) is 1. The van der Waals surface area contributed by atoms with Gasteiger partial charge in [-0.2, -0.15) is 0 Å². The minimum absolute atomic E-state index is 0.531. The van der Waals surface area contributed by atoms with E-state index in [4.69, 9.17) is 5.11 Å². The van der Waals surface area contributed by atoms with Crippen LogP contribution in [0.5, 0.6) is 0 Å². The predicted molar refractivity (Wildman–Crippen MR) is 26.9 cm³/mol. The molecule has 36 valence electrons. The normalized spacial score (nSPS) is 9.17. The fraction of sp³-hybridized carbons (Fsp3) is 0.667. The first kappa shape index (κ1) is 6.27. The zero-order valence-electron chi connectivity index (χ0n) is 3.93. The molecule has 0 bridgehead atoms. The summed E-state index contributed by atoms with van der Waals surface area (Å²) in [6.45, 7) is 0. The third kappa shape index (κ3) is 2.50. The van der Waals surface area contributed by atoms with Crippen molar-refractivity contribution in [1.29, 1.82) is 0 Å². The summed E-state index contributed by atoms with van der Waals surface area (Å²) in [5.74, 6) is 0. The van der Waals surface area contributed by atoms with Crippen LogP contribution in [0.25, 0.3) is 0 Å². The molecule has 0 atom stereocenters. The molecule has 0 amide bonds. The number of hydrogen-bond acceptors (Lipinski definition) is 1. The van der Waals surface area contributed by atoms with Crippen molar-refractivity contribution in [3.05, 3.63) is 0 Å². The molecule has 0 saturated heterocycles. The first-order chi connectivity index (χ1) is 2.64. The van der Waals surface area contributed by atoms with Gasteiger partial charge in [-0.15, -0.1) is 0 Å². The third-order valence-corrected chi connectivity index (χ3v) is 3.31. The molecular formula is C3H8O2Sn. The van der Waals surface area contributed by atoms with Gasteiger partial charge in [0.1, 0.15) is 0 Å². The standard InChI is InChI=1S/CHO2.2CH3.Sn.H/c2-1-3;;;;/h(H,2,3);2*1H3;;. The Morgan fingerprint density at radius 3 is 1.83 bits per heavy atom. The molecule has 0 aliphatic heterocycles. The zero-order valence-corrected chi connectivity index (χ0v) is 7.23. The Morgan fingerprint density at radius 1 is 1.67 bits per heavy atom. The van der Waals surface area contributed by atoms with Gasteiger partial charge in [-0.05, 0) is 0 Å². The number of rotatable bonds is 1. The van der Waals surface area contributed by atoms with Crippen LogP contribution in [0.3, 0.4) is 0 Å². The summed E-state index contributed by atoms with van der Waals surface area (Å²) in [6, 6.07) is 0. The second-order valence-electron chi connectivity index (χ2n) is 1.49. The van der Waals surface area contributed by atoms with E-state index in [0.29, 0.717) is 0 Å². The molecule has 0 aromatic heterocycles. The molecule has 0 saturated carbocycles. The Balaban J connectivity index is 3.26. The van der Waals surface area contributed by atoms with Gasteiger partial charge in [-0.1, -0.05) is 0 Å². The molecule has 0 radical (unpaired) electrons. The average molecular weight is 195 g/mol. The molecule has 0 spiro atoms. The zero-order chi connectivity index (χ0) is 5.15. The van der Waals surface area contributed by atoms with E-state index in [2.05, 4.69) is 0 Å². The quantitative estimate of drug-likeness (QED) is 0.626. The molecule has 0 aliphatic rings. The monoisotopic (exact) mass is 196 g/mol. The van der Waals surface area contributed by atoms with Crippen molar-refractivity contribution in [2.24, 2.45) is 0 Å². The fourth-order valence-electron chi connectivity index (χ4n) is 0. The van der Waals surface area contributed by atoms with Crippen LogP contribution in [-0.4, -0.2) is 28.9 Å². The van der Waals surface area contributed by atoms with Crippen LogP contribution in [0.1, 0.15) is 0 Å². The molecule has 0 rings (SSSR count). The molecule has 0 aromatic carbocycles. The van der Waals surface area contributed by atoms with Crippen molar-refractivity contribution in [2.75, 3.05) is 0 Å². The maximum absolute atomic E-state index is 9.79. The first-order valence-corrected chi connectivity index (χ1v) is 10.1. The summed E-state index contributed by atoms with van der Waals surface area (Å²) < 4.78 is -0.531. The molecule has 0 unspecified atom stereocenters. The van der Waals surface area contributed by atoms with E-state index in [-0.39, 0.29) is 0 Å². The van der Waals surface area contributed by atoms with E-state index in [1.54, 1.807) is 0 Å². The van der Waals surface area contributed by atoms with Crippen molar-refractivity contribution in [1.82, 2.24) is 0 Å². The van der Waals surface area contributed by atoms with Gasteiger partial charge in [-0.3, -0.25) is 0 Å². The molecule has 0 fully saturated rings. The summed E-state index contributed by atoms with van der Waals surface area (Å²) in [7, 11) is 0. The Labute approximate surface area is 43.9 Å². The van der Waals surface area contributed by atoms with Gasteiger partial charge in [-0.25, -0.2) is 0 Å². The van der Waals surface area contributed by atoms with E-state index >= 15 is 0 Å². The van der Waals surface area contributed by atoms with Crippen LogP contribution in [0.15, 0.2) is 0 Å². The molecule has 6 heavy (non-hydrogen) atoms. The molecule has 3 heteroatoms. The van der Waals surface area contributed by atoms with Crippen LogP contribution in [0.4, 0.5) is 4.79 Å². The van der Waals surface area contributed by atoms with Crippen molar-refractivity contribution in [2.45, 2.75) is 9.88 Å². The van der Waals surface area contributed by atoms with Crippen LogP contribution in [0, 0.1) is 0 Å². The molecule has 2 nitrogen and oxygen atoms in total. The number of hydrogen-bond donors (Lipinski definition) is 1. The SMILES string of the molecule is [CH3][SnH]([CH3])[C](=O)O. The molecular weight excluding hydrogens is 187 g/mol. The summed E-state index contributed by atoms with van der Waals surface area (Å²) in [5, 5.41) is 8.08. The van der Waals surface area contributed by atoms with E-state index in [1.807, 2.05) is 9.88 Å². The Morgan fingerprint density at radius 2 is 1.83 bits per heavy atom. The average Bonchev–Trinajstić information content (AvgIpc) is 1.36. The molecule has 0 aliphatic carbocycles. The van der Waals surface area contributed by atoms with Gasteiger partial charge in [0.2, 0.25) is 0 Å². The predicted octanol–water partition coefficient (Wildman–Crippen LogP) is 0.733. The van der Waals surface area contributed by atoms with Crippen molar-refractivity contribution in [3.8, 4) is 0 Å². The van der Waals surface area contributed by atoms with E-state index in [1.165, 1.54) is 0 Å². The van der Waals surface area contributed by atoms with Gasteiger partial charge in [0, 0.05) is 0 Å². The summed E-state index contributed by atoms with van der Waals surface area (Å²) in [6.07, 6.45) is 0. The molecule has 0 aromatic rings. The summed E-state index contributed by atoms with van der Waals surface area (Å²) in [5.41, 5.74) is 0. The second-order valence-corrected chi connectivity index (χ2v) is 9.49. The van der Waals surface area contributed by atoms with E-state index < -0.39 is 23.7 Å². The second kappa shape index (κ2) is 2.44. The van der Waals surface area contributed by atoms with Crippen molar-refractivity contribution < 1.29 is 9.90 Å². The van der Waals surface area contributed by atoms with Crippen molar-refractivity contribution in [3.63, 3.8) is 0 Å². The molecule has 0 heterocycles. The van der Waals surface area contributed by atoms with Crippen LogP contribution in [-0.2, 0) is 0 Å². The van der Waals surface area contributed by atoms with Crippen molar-refractivity contribution >= 4 is 23.7 Å². The number of carbonyl (C=O) groups is 1. The van der Waals surface area contributed by atoms with Gasteiger partial charge >= 0.3 is 43.5 Å². The Bertz CT molecular complexity index is 59.8. The summed E-state index contributed by atoms with van der Waals surface area (Å²) >= 11 is -1.89. The van der Waals surface area contributed by atoms with Gasteiger partial charge in [0.15, 0.2) is 0 Å². The third-order valence-electron chi connectivity index (χ3n) is 0.494. The fourth-order valence-corrected chi connectivity index (χ4v) is 0. The topological polar surface area (TPSA) is 37.3 Å². The van der Waals surface area contributed by atoms with Crippen LogP contribution in [0.2, 0.25) is 9.88 Å². The van der Waals surface area contributed by atoms with Gasteiger partial charge < -0.3 is 0 Å². The van der Waals surface area contributed by atoms with Gasteiger partial charge in [0.25, 0.3) is 0 Å². The van der Waals surface area contributed by atoms with E-state index in [0.717, 1.165) is 0 Å². The molecule has 1 N–H and O–H groups in total. The maximum atomic E-state index is 9.79. The summed E-state index contributed by atoms with van der Waals surface area (Å²) in [4.78, 5) is 13.5. The van der Waals surface area contributed by atoms with E-state index in [9.17, 15) is 4.79 Å². The van der Waals surface area contributed by atoms with Crippen LogP contribution >= 0.6 is 0 Å². The Kier molecular flexibility index (Phi) is 2.55. The first-order valence-electron chi connectivity index (χ1n) is 1.87. The Hall–Kier alpha value is 0.269.